The number of unbranched alkanes of at least 4 members (excludes halogenated alkanes) is 1. The summed E-state index contributed by atoms with van der Waals surface area (Å²) in [7, 11) is 0. The van der Waals surface area contributed by atoms with Crippen LogP contribution in [0.4, 0.5) is 4.39 Å². The van der Waals surface area contributed by atoms with Gasteiger partial charge in [-0.3, -0.25) is 0 Å². The van der Waals surface area contributed by atoms with E-state index in [4.69, 9.17) is 0 Å². The normalized spacial score (nSPS) is 10.7. The highest BCUT2D eigenvalue weighted by Crippen LogP contribution is 2.26. The Bertz CT molecular complexity index is 856. The smallest absolute Gasteiger partial charge is 0.165 e. The predicted molar refractivity (Wildman–Crippen MR) is 131 cm³/mol. The average molecular weight is 412 g/mol. The quantitative estimate of drug-likeness (QED) is 0.348. The summed E-state index contributed by atoms with van der Waals surface area (Å²) in [5.74, 6) is -0.994. The number of aromatic hydroxyl groups is 1. The second kappa shape index (κ2) is 15.1. The first-order valence-corrected chi connectivity index (χ1v) is 10.7. The Labute approximate surface area is 182 Å². The molecule has 30 heavy (non-hydrogen) atoms. The van der Waals surface area contributed by atoms with Crippen LogP contribution in [-0.2, 0) is 6.42 Å². The standard InChI is InChI=1S/C22H26FNO.C3H6.C2H6/c1-5-7-9-20-16(4)13-21(24-20)18(8-6-2)12-15(3)17-10-11-22(25)19(23)14-17;1-3-2;1-2/h6,8,10-14,24-25H,3,5,7,9H2,1-2,4H3;3H,1H2,2H3;1-2H3/b8-6-,18-12+;;. The molecular formula is C27H38FNO. The van der Waals surface area contributed by atoms with Crippen molar-refractivity contribution in [2.24, 2.45) is 0 Å². The molecule has 0 aliphatic carbocycles. The van der Waals surface area contributed by atoms with Gasteiger partial charge in [-0.1, -0.05) is 58.1 Å². The average Bonchev–Trinajstić information content (AvgIpc) is 3.10. The molecule has 3 heteroatoms. The molecule has 0 spiro atoms. The molecule has 1 heterocycles. The van der Waals surface area contributed by atoms with Gasteiger partial charge in [0.25, 0.3) is 0 Å². The van der Waals surface area contributed by atoms with E-state index in [1.165, 1.54) is 23.4 Å². The molecule has 0 atom stereocenters. The first kappa shape index (κ1) is 27.2. The Morgan fingerprint density at radius 1 is 1.20 bits per heavy atom. The number of rotatable bonds is 7. The van der Waals surface area contributed by atoms with Crippen molar-refractivity contribution in [2.75, 3.05) is 0 Å². The van der Waals surface area contributed by atoms with Crippen molar-refractivity contribution >= 4 is 11.1 Å². The van der Waals surface area contributed by atoms with Crippen molar-refractivity contribution in [3.05, 3.63) is 90.1 Å². The van der Waals surface area contributed by atoms with Crippen molar-refractivity contribution in [1.82, 2.24) is 4.98 Å². The summed E-state index contributed by atoms with van der Waals surface area (Å²) in [5.41, 5.74) is 5.86. The number of hydrogen-bond donors (Lipinski definition) is 2. The number of phenolic OH excluding ortho intramolecular Hbond substituents is 1. The number of aromatic nitrogens is 1. The van der Waals surface area contributed by atoms with E-state index in [2.05, 4.69) is 38.1 Å². The van der Waals surface area contributed by atoms with Crippen molar-refractivity contribution < 1.29 is 9.50 Å². The van der Waals surface area contributed by atoms with Gasteiger partial charge in [-0.05, 0) is 80.2 Å². The van der Waals surface area contributed by atoms with E-state index in [0.29, 0.717) is 11.1 Å². The molecule has 2 aromatic rings. The third kappa shape index (κ3) is 8.69. The van der Waals surface area contributed by atoms with Crippen molar-refractivity contribution in [3.8, 4) is 5.75 Å². The van der Waals surface area contributed by atoms with Crippen LogP contribution >= 0.6 is 0 Å². The minimum atomic E-state index is -0.641. The van der Waals surface area contributed by atoms with Gasteiger partial charge in [0.2, 0.25) is 0 Å². The molecule has 2 nitrogen and oxygen atoms in total. The lowest BCUT2D eigenvalue weighted by molar-refractivity contribution is 0.432. The molecule has 2 N–H and O–H groups in total. The number of aryl methyl sites for hydroxylation is 2. The fourth-order valence-electron chi connectivity index (χ4n) is 2.74. The lowest BCUT2D eigenvalue weighted by Gasteiger charge is -2.05. The molecule has 0 amide bonds. The third-order valence-corrected chi connectivity index (χ3v) is 4.21. The van der Waals surface area contributed by atoms with Gasteiger partial charge >= 0.3 is 0 Å². The van der Waals surface area contributed by atoms with Gasteiger partial charge in [0.1, 0.15) is 0 Å². The molecule has 0 fully saturated rings. The van der Waals surface area contributed by atoms with Gasteiger partial charge in [0.05, 0.1) is 0 Å². The minimum Gasteiger partial charge on any atom is -0.505 e. The highest BCUT2D eigenvalue weighted by Gasteiger charge is 2.09. The maximum absolute atomic E-state index is 13.6. The van der Waals surface area contributed by atoms with Gasteiger partial charge in [0, 0.05) is 11.4 Å². The summed E-state index contributed by atoms with van der Waals surface area (Å²) in [5, 5.41) is 9.34. The number of phenols is 1. The Morgan fingerprint density at radius 3 is 2.37 bits per heavy atom. The predicted octanol–water partition coefficient (Wildman–Crippen LogP) is 8.40. The van der Waals surface area contributed by atoms with E-state index in [1.807, 2.05) is 45.9 Å². The van der Waals surface area contributed by atoms with Crippen molar-refractivity contribution in [2.45, 2.75) is 60.8 Å². The monoisotopic (exact) mass is 411 g/mol. The van der Waals surface area contributed by atoms with Crippen LogP contribution in [-0.4, -0.2) is 10.1 Å². The van der Waals surface area contributed by atoms with Gasteiger partial charge in [-0.2, -0.15) is 0 Å². The molecule has 164 valence electrons. The molecule has 0 aliphatic heterocycles. The van der Waals surface area contributed by atoms with E-state index >= 15 is 0 Å². The van der Waals surface area contributed by atoms with Crippen LogP contribution in [0.25, 0.3) is 11.1 Å². The maximum Gasteiger partial charge on any atom is 0.165 e. The Kier molecular flexibility index (Phi) is 13.7. The lowest BCUT2D eigenvalue weighted by atomic mass is 10.0. The van der Waals surface area contributed by atoms with Gasteiger partial charge in [-0.25, -0.2) is 4.39 Å². The third-order valence-electron chi connectivity index (χ3n) is 4.21. The molecule has 0 aliphatic rings. The molecule has 0 saturated heterocycles. The van der Waals surface area contributed by atoms with Crippen molar-refractivity contribution in [3.63, 3.8) is 0 Å². The second-order valence-corrected chi connectivity index (χ2v) is 6.65. The number of nitrogens with one attached hydrogen (secondary N) is 1. The minimum absolute atomic E-state index is 0.352. The zero-order valence-electron chi connectivity index (χ0n) is 19.5. The van der Waals surface area contributed by atoms with Crippen LogP contribution in [0.2, 0.25) is 0 Å². The summed E-state index contributed by atoms with van der Waals surface area (Å²) < 4.78 is 13.6. The summed E-state index contributed by atoms with van der Waals surface area (Å²) >= 11 is 0. The van der Waals surface area contributed by atoms with Crippen LogP contribution in [0.15, 0.2) is 61.7 Å². The lowest BCUT2D eigenvalue weighted by Crippen LogP contribution is -1.89. The molecule has 0 radical (unpaired) electrons. The highest BCUT2D eigenvalue weighted by molar-refractivity contribution is 5.86. The van der Waals surface area contributed by atoms with Crippen LogP contribution in [0, 0.1) is 12.7 Å². The zero-order chi connectivity index (χ0) is 23.1. The second-order valence-electron chi connectivity index (χ2n) is 6.65. The molecule has 2 rings (SSSR count). The van der Waals surface area contributed by atoms with E-state index < -0.39 is 5.82 Å². The Balaban J connectivity index is 0.00000154. The Morgan fingerprint density at radius 2 is 1.83 bits per heavy atom. The van der Waals surface area contributed by atoms with Crippen LogP contribution in [0.5, 0.6) is 5.75 Å². The first-order chi connectivity index (χ1) is 14.4. The number of halogens is 1. The van der Waals surface area contributed by atoms with E-state index in [1.54, 1.807) is 12.1 Å². The summed E-state index contributed by atoms with van der Waals surface area (Å²) in [6.07, 6.45) is 11.0. The molecule has 1 aromatic heterocycles. The molecule has 1 aromatic carbocycles. The van der Waals surface area contributed by atoms with Gasteiger partial charge < -0.3 is 10.1 Å². The number of aromatic amines is 1. The van der Waals surface area contributed by atoms with Gasteiger partial charge in [-0.15, -0.1) is 6.58 Å². The van der Waals surface area contributed by atoms with E-state index in [0.717, 1.165) is 30.5 Å². The topological polar surface area (TPSA) is 36.0 Å². The fourth-order valence-corrected chi connectivity index (χ4v) is 2.74. The van der Waals surface area contributed by atoms with E-state index in [-0.39, 0.29) is 5.75 Å². The SMILES string of the molecule is C=C(/C=C(\C=C/C)c1cc(C)c(CCCC)[nH]1)c1ccc(O)c(F)c1.C=CC.CC. The fraction of sp³-hybridized carbons (Fsp3) is 0.333. The van der Waals surface area contributed by atoms with Crippen LogP contribution in [0.1, 0.15) is 70.0 Å². The zero-order valence-corrected chi connectivity index (χ0v) is 19.5. The molecular weight excluding hydrogens is 373 g/mol. The molecule has 0 unspecified atom stereocenters. The number of H-pyrrole nitrogens is 1. The highest BCUT2D eigenvalue weighted by atomic mass is 19.1. The maximum atomic E-state index is 13.6. The van der Waals surface area contributed by atoms with E-state index in [9.17, 15) is 9.50 Å². The summed E-state index contributed by atoms with van der Waals surface area (Å²) in [6.45, 7) is 19.6. The summed E-state index contributed by atoms with van der Waals surface area (Å²) in [6, 6.07) is 6.45. The molecule has 0 saturated carbocycles. The number of hydrogen-bond acceptors (Lipinski definition) is 1. The first-order valence-electron chi connectivity index (χ1n) is 10.7. The van der Waals surface area contributed by atoms with Crippen LogP contribution < -0.4 is 0 Å². The van der Waals surface area contributed by atoms with Crippen LogP contribution in [0.3, 0.4) is 0 Å². The van der Waals surface area contributed by atoms with Gasteiger partial charge in [0.15, 0.2) is 11.6 Å². The number of allylic oxidation sites excluding steroid dienone is 6. The Hall–Kier alpha value is -2.81. The largest absolute Gasteiger partial charge is 0.505 e. The summed E-state index contributed by atoms with van der Waals surface area (Å²) in [4.78, 5) is 3.50. The van der Waals surface area contributed by atoms with Crippen molar-refractivity contribution in [1.29, 1.82) is 0 Å². The molecule has 0 bridgehead atoms. The number of benzene rings is 1.